The second-order valence-electron chi connectivity index (χ2n) is 14.5. The van der Waals surface area contributed by atoms with E-state index < -0.39 is 80.6 Å². The fourth-order valence-electron chi connectivity index (χ4n) is 5.20. The summed E-state index contributed by atoms with van der Waals surface area (Å²) in [5.41, 5.74) is -0.579. The number of carbonyl (C=O) groups is 3. The van der Waals surface area contributed by atoms with Crippen molar-refractivity contribution in [2.45, 2.75) is 83.6 Å². The molecule has 2 heterocycles. The van der Waals surface area contributed by atoms with Crippen LogP contribution in [0.4, 0.5) is 27.2 Å². The van der Waals surface area contributed by atoms with E-state index in [1.165, 1.54) is 29.2 Å². The second-order valence-corrected chi connectivity index (χ2v) is 16.0. The summed E-state index contributed by atoms with van der Waals surface area (Å²) in [5.74, 6) is -3.89. The quantitative estimate of drug-likeness (QED) is 0.217. The van der Waals surface area contributed by atoms with E-state index in [0.717, 1.165) is 17.0 Å². The molecule has 3 amide bonds. The number of carbonyl (C=O) groups excluding carboxylic acids is 3. The molecule has 1 N–H and O–H groups in total. The number of rotatable bonds is 10. The third kappa shape index (κ3) is 18.6. The van der Waals surface area contributed by atoms with Gasteiger partial charge in [0, 0.05) is 77.3 Å². The first-order valence-corrected chi connectivity index (χ1v) is 18.9. The molecule has 298 valence electrons. The van der Waals surface area contributed by atoms with E-state index in [4.69, 9.17) is 26.5 Å². The Balaban J connectivity index is 0.000000423. The van der Waals surface area contributed by atoms with Crippen molar-refractivity contribution in [1.82, 2.24) is 9.80 Å². The van der Waals surface area contributed by atoms with Gasteiger partial charge in [-0.3, -0.25) is 9.69 Å². The zero-order valence-corrected chi connectivity index (χ0v) is 36.9. The number of methoxy groups -OCH3 is 2. The van der Waals surface area contributed by atoms with Gasteiger partial charge in [-0.15, -0.1) is 0 Å². The normalized spacial score (nSPS) is 18.2. The first-order chi connectivity index (χ1) is 24.7. The van der Waals surface area contributed by atoms with E-state index in [9.17, 15) is 37.1 Å². The molecule has 3 atom stereocenters. The maximum Gasteiger partial charge on any atom is 1.00 e. The first kappa shape index (κ1) is 49.7. The number of likely N-dealkylation sites (tertiary alicyclic amines) is 2. The van der Waals surface area contributed by atoms with E-state index in [1.54, 1.807) is 55.8 Å². The summed E-state index contributed by atoms with van der Waals surface area (Å²) in [6.45, 7) is 13.1. The molecule has 0 spiro atoms. The Hall–Kier alpha value is -2.30. The molecule has 2 saturated heterocycles. The number of benzene rings is 2. The van der Waals surface area contributed by atoms with Crippen LogP contribution in [0, 0.1) is 23.3 Å². The molecule has 12 nitrogen and oxygen atoms in total. The smallest absolute Gasteiger partial charge is 0.640 e. The van der Waals surface area contributed by atoms with Crippen LogP contribution in [0.2, 0.25) is 0 Å². The Labute approximate surface area is 343 Å². The van der Waals surface area contributed by atoms with Crippen LogP contribution in [-0.4, -0.2) is 120 Å². The van der Waals surface area contributed by atoms with Crippen molar-refractivity contribution in [3.8, 4) is 0 Å². The molecule has 0 radical (unpaired) electrons. The van der Waals surface area contributed by atoms with E-state index in [1.807, 2.05) is 0 Å². The van der Waals surface area contributed by atoms with E-state index >= 15 is 0 Å². The van der Waals surface area contributed by atoms with E-state index in [2.05, 4.69) is 0 Å². The van der Waals surface area contributed by atoms with Crippen LogP contribution < -0.4 is 29.6 Å². The summed E-state index contributed by atoms with van der Waals surface area (Å²) in [6, 6.07) is 6.36. The van der Waals surface area contributed by atoms with Crippen LogP contribution in [0.15, 0.2) is 36.4 Å². The van der Waals surface area contributed by atoms with Gasteiger partial charge in [-0.25, -0.2) is 32.1 Å². The largest absolute Gasteiger partial charge is 1.00 e. The molecule has 4 rings (SSSR count). The maximum atomic E-state index is 13.2. The summed E-state index contributed by atoms with van der Waals surface area (Å²) < 4.78 is 83.3. The molecule has 0 saturated carbocycles. The van der Waals surface area contributed by atoms with Crippen LogP contribution in [0.3, 0.4) is 0 Å². The fourth-order valence-corrected chi connectivity index (χ4v) is 6.04. The zero-order valence-electron chi connectivity index (χ0n) is 32.9. The minimum Gasteiger partial charge on any atom is -0.640 e. The van der Waals surface area contributed by atoms with Crippen molar-refractivity contribution in [2.75, 3.05) is 53.7 Å². The van der Waals surface area contributed by atoms with Crippen LogP contribution in [0.5, 0.6) is 0 Å². The molecule has 2 aromatic rings. The topological polar surface area (TPSA) is 133 Å². The van der Waals surface area contributed by atoms with Gasteiger partial charge in [-0.05, 0) is 76.9 Å². The minimum atomic E-state index is -1.23. The summed E-state index contributed by atoms with van der Waals surface area (Å²) >= 11 is -1.23. The summed E-state index contributed by atoms with van der Waals surface area (Å²) in [6.07, 6.45) is -2.12. The van der Waals surface area contributed by atoms with Crippen LogP contribution in [0.25, 0.3) is 0 Å². The third-order valence-electron chi connectivity index (χ3n) is 7.57. The number of hydrogen-bond acceptors (Lipinski definition) is 10. The molecule has 2 fully saturated rings. The van der Waals surface area contributed by atoms with Gasteiger partial charge in [-0.1, -0.05) is 0 Å². The van der Waals surface area contributed by atoms with Crippen LogP contribution >= 0.6 is 0 Å². The predicted octanol–water partition coefficient (Wildman–Crippen LogP) is 2.54. The Bertz CT molecular complexity index is 1450. The monoisotopic (exact) mass is 798 g/mol. The van der Waals surface area contributed by atoms with Crippen molar-refractivity contribution < 1.29 is 93.1 Å². The predicted molar refractivity (Wildman–Crippen MR) is 189 cm³/mol. The number of aliphatic hydroxyl groups is 1. The van der Waals surface area contributed by atoms with Crippen LogP contribution in [0.1, 0.15) is 77.3 Å². The minimum absolute atomic E-state index is 0. The molecule has 1 unspecified atom stereocenters. The van der Waals surface area contributed by atoms with Crippen molar-refractivity contribution in [3.05, 3.63) is 70.8 Å². The number of imide groups is 1. The van der Waals surface area contributed by atoms with Crippen molar-refractivity contribution in [2.24, 2.45) is 0 Å². The van der Waals surface area contributed by atoms with Gasteiger partial charge < -0.3 is 31.6 Å². The van der Waals surface area contributed by atoms with Gasteiger partial charge in [0.2, 0.25) is 5.91 Å². The van der Waals surface area contributed by atoms with Gasteiger partial charge >= 0.3 is 57.6 Å². The summed E-state index contributed by atoms with van der Waals surface area (Å²) in [5, 5.41) is 9.96. The summed E-state index contributed by atoms with van der Waals surface area (Å²) in [4.78, 5) is 38.0. The fraction of sp³-hybridized carbons (Fsp3) is 0.583. The summed E-state index contributed by atoms with van der Waals surface area (Å²) in [7, 11) is 3.31. The third-order valence-corrected chi connectivity index (χ3v) is 8.86. The zero-order chi connectivity index (χ0) is 39.9. The Morgan fingerprint density at radius 3 is 1.57 bits per heavy atom. The standard InChI is InChI=1S/C15H19F2NO3.C15H17F2NO3.2C3H7O2.Al.Na.2H/c2*1-15(2,3)21-14(20)18-8-10(6-13(18)19)9-4-11(16)7-12(17)5-9;2*1-5-3-2-4;;;;/h4-5,7,10,13,19H,6,8H2,1-3H3;4-5,7,10H,6,8H2,1-3H3;2*2-3H2,1H3;;;;/q;;2*-1;2*+1;;/t10-,13?;10-;;;;;;/m11....../s1. The molecule has 0 bridgehead atoms. The molecule has 18 heteroatoms. The first-order valence-electron chi connectivity index (χ1n) is 17.2. The molecular formula is C36H52AlF4N2NaO10. The molecule has 2 aliphatic rings. The molecular weight excluding hydrogens is 746 g/mol. The number of halogens is 4. The molecule has 2 aliphatic heterocycles. The Kier molecular flexibility index (Phi) is 21.8. The van der Waals surface area contributed by atoms with E-state index in [-0.39, 0.29) is 61.4 Å². The van der Waals surface area contributed by atoms with Gasteiger partial charge in [0.1, 0.15) is 40.7 Å². The van der Waals surface area contributed by atoms with E-state index in [0.29, 0.717) is 37.6 Å². The maximum absolute atomic E-state index is 13.2. The number of ether oxygens (including phenoxy) is 4. The number of hydrogen-bond donors (Lipinski definition) is 1. The molecule has 54 heavy (non-hydrogen) atoms. The van der Waals surface area contributed by atoms with Crippen molar-refractivity contribution in [1.29, 1.82) is 0 Å². The molecule has 0 aromatic heterocycles. The Morgan fingerprint density at radius 1 is 0.722 bits per heavy atom. The Morgan fingerprint density at radius 2 is 1.15 bits per heavy atom. The average Bonchev–Trinajstić information content (AvgIpc) is 3.62. The number of nitrogens with zero attached hydrogens (tertiary/aromatic N) is 2. The number of amides is 3. The number of aliphatic hydroxyl groups excluding tert-OH is 1. The average molecular weight is 799 g/mol. The van der Waals surface area contributed by atoms with Gasteiger partial charge in [0.05, 0.1) is 13.2 Å². The van der Waals surface area contributed by atoms with Gasteiger partial charge in [-0.2, -0.15) is 0 Å². The second kappa shape index (κ2) is 23.7. The van der Waals surface area contributed by atoms with Gasteiger partial charge in [0.15, 0.2) is 0 Å². The molecule has 2 aromatic carbocycles. The SMILES string of the molecule is CC(C)(C)OC(=O)N1C[C@H](c2cc(F)cc(F)c2)CC1=O.CC(C)(C)OC(=O)N1C[C@H](c2cc(F)cc(F)c2)CC1O.COCC[O][AlH2-][O]CCOC.[Na+]. The molecule has 0 aliphatic carbocycles. The van der Waals surface area contributed by atoms with Crippen molar-refractivity contribution >= 4 is 34.0 Å². The van der Waals surface area contributed by atoms with Crippen LogP contribution in [-0.2, 0) is 31.3 Å². The van der Waals surface area contributed by atoms with Crippen molar-refractivity contribution in [3.63, 3.8) is 0 Å². The van der Waals surface area contributed by atoms with Gasteiger partial charge in [0.25, 0.3) is 0 Å².